The Labute approximate surface area is 115 Å². The van der Waals surface area contributed by atoms with Gasteiger partial charge >= 0.3 is 0 Å². The van der Waals surface area contributed by atoms with Crippen molar-refractivity contribution in [2.45, 2.75) is 6.04 Å². The van der Waals surface area contributed by atoms with Gasteiger partial charge in [-0.1, -0.05) is 12.1 Å². The van der Waals surface area contributed by atoms with E-state index in [0.717, 1.165) is 14.0 Å². The molecule has 1 unspecified atom stereocenters. The molecule has 0 spiro atoms. The molecule has 1 atom stereocenters. The summed E-state index contributed by atoms with van der Waals surface area (Å²) >= 11 is 4.93. The molecule has 2 aromatic heterocycles. The second-order valence-electron chi connectivity index (χ2n) is 3.93. The van der Waals surface area contributed by atoms with Gasteiger partial charge in [0.05, 0.1) is 9.83 Å². The van der Waals surface area contributed by atoms with Crippen LogP contribution in [-0.4, -0.2) is 0 Å². The van der Waals surface area contributed by atoms with E-state index in [1.54, 1.807) is 23.5 Å². The van der Waals surface area contributed by atoms with E-state index in [9.17, 15) is 4.39 Å². The normalized spacial score (nSPS) is 13.1. The number of thiophene rings is 1. The van der Waals surface area contributed by atoms with Gasteiger partial charge in [-0.05, 0) is 40.2 Å². The van der Waals surface area contributed by atoms with Crippen LogP contribution in [0.25, 0.3) is 11.0 Å². The zero-order valence-electron chi connectivity index (χ0n) is 9.19. The highest BCUT2D eigenvalue weighted by Crippen LogP contribution is 2.32. The van der Waals surface area contributed by atoms with Gasteiger partial charge in [-0.15, -0.1) is 11.3 Å². The van der Waals surface area contributed by atoms with Gasteiger partial charge in [0.1, 0.15) is 5.76 Å². The van der Waals surface area contributed by atoms with Crippen LogP contribution >= 0.6 is 27.3 Å². The topological polar surface area (TPSA) is 39.2 Å². The molecule has 18 heavy (non-hydrogen) atoms. The Morgan fingerprint density at radius 1 is 1.28 bits per heavy atom. The van der Waals surface area contributed by atoms with Crippen LogP contribution in [-0.2, 0) is 0 Å². The number of rotatable bonds is 2. The molecule has 1 aromatic carbocycles. The third-order valence-electron chi connectivity index (χ3n) is 2.72. The Morgan fingerprint density at radius 2 is 2.11 bits per heavy atom. The molecule has 0 aliphatic carbocycles. The molecule has 2 N–H and O–H groups in total. The van der Waals surface area contributed by atoms with Crippen molar-refractivity contribution in [3.63, 3.8) is 0 Å². The van der Waals surface area contributed by atoms with E-state index in [-0.39, 0.29) is 17.4 Å². The predicted octanol–water partition coefficient (Wildman–Crippen LogP) is 4.44. The van der Waals surface area contributed by atoms with Crippen LogP contribution in [0.1, 0.15) is 16.7 Å². The number of nitrogens with two attached hydrogens (primary N) is 1. The maximum Gasteiger partial charge on any atom is 0.169 e. The Hall–Kier alpha value is -1.17. The van der Waals surface area contributed by atoms with Gasteiger partial charge in [0.2, 0.25) is 0 Å². The Kier molecular flexibility index (Phi) is 2.97. The van der Waals surface area contributed by atoms with E-state index in [4.69, 9.17) is 10.2 Å². The van der Waals surface area contributed by atoms with Crippen molar-refractivity contribution in [2.75, 3.05) is 0 Å². The van der Waals surface area contributed by atoms with Crippen molar-refractivity contribution in [1.82, 2.24) is 0 Å². The van der Waals surface area contributed by atoms with Gasteiger partial charge in [-0.25, -0.2) is 4.39 Å². The minimum absolute atomic E-state index is 0.263. The van der Waals surface area contributed by atoms with Crippen LogP contribution in [0.15, 0.2) is 44.6 Å². The van der Waals surface area contributed by atoms with Crippen LogP contribution in [0.4, 0.5) is 4.39 Å². The quantitative estimate of drug-likeness (QED) is 0.756. The van der Waals surface area contributed by atoms with Crippen LogP contribution in [0.2, 0.25) is 0 Å². The van der Waals surface area contributed by atoms with Crippen LogP contribution < -0.4 is 5.73 Å². The van der Waals surface area contributed by atoms with Gasteiger partial charge in [-0.2, -0.15) is 0 Å². The summed E-state index contributed by atoms with van der Waals surface area (Å²) in [6.07, 6.45) is 0. The van der Waals surface area contributed by atoms with Gasteiger partial charge in [0, 0.05) is 10.3 Å². The summed E-state index contributed by atoms with van der Waals surface area (Å²) in [5.41, 5.74) is 6.38. The van der Waals surface area contributed by atoms with Crippen molar-refractivity contribution in [2.24, 2.45) is 5.73 Å². The fourth-order valence-corrected chi connectivity index (χ4v) is 3.27. The first-order chi connectivity index (χ1) is 8.65. The van der Waals surface area contributed by atoms with E-state index in [1.165, 1.54) is 6.07 Å². The van der Waals surface area contributed by atoms with Crippen molar-refractivity contribution in [3.8, 4) is 0 Å². The van der Waals surface area contributed by atoms with E-state index in [0.29, 0.717) is 5.76 Å². The van der Waals surface area contributed by atoms with Gasteiger partial charge in [0.15, 0.2) is 11.4 Å². The lowest BCUT2D eigenvalue weighted by molar-refractivity contribution is 0.504. The number of furan rings is 1. The van der Waals surface area contributed by atoms with E-state index < -0.39 is 0 Å². The van der Waals surface area contributed by atoms with E-state index >= 15 is 0 Å². The fraction of sp³-hybridized carbons (Fsp3) is 0.0769. The van der Waals surface area contributed by atoms with E-state index in [1.807, 2.05) is 18.2 Å². The molecule has 0 amide bonds. The Bertz CT molecular complexity index is 706. The molecule has 0 aliphatic rings. The minimum atomic E-state index is -0.367. The zero-order valence-corrected chi connectivity index (χ0v) is 11.6. The highest BCUT2D eigenvalue weighted by Gasteiger charge is 2.17. The number of hydrogen-bond acceptors (Lipinski definition) is 3. The largest absolute Gasteiger partial charge is 0.456 e. The average molecular weight is 326 g/mol. The molecule has 0 fully saturated rings. The number of fused-ring (bicyclic) bond motifs is 1. The molecule has 0 saturated heterocycles. The molecule has 92 valence electrons. The second kappa shape index (κ2) is 4.50. The molecule has 3 aromatic rings. The molecule has 0 saturated carbocycles. The maximum atomic E-state index is 13.5. The molecule has 0 bridgehead atoms. The number of halogens is 2. The molecule has 3 rings (SSSR count). The smallest absolute Gasteiger partial charge is 0.169 e. The standard InChI is InChI=1S/C13H9BrFNOS/c14-11-5-4-10(18-11)12(16)9-6-7-2-1-3-8(15)13(7)17-9/h1-6,12H,16H2. The first-order valence-corrected chi connectivity index (χ1v) is 6.95. The van der Waals surface area contributed by atoms with Crippen molar-refractivity contribution in [3.05, 3.63) is 56.6 Å². The summed E-state index contributed by atoms with van der Waals surface area (Å²) in [5.74, 6) is 0.211. The SMILES string of the molecule is NC(c1cc2cccc(F)c2o1)c1ccc(Br)s1. The van der Waals surface area contributed by atoms with Crippen LogP contribution in [0, 0.1) is 5.82 Å². The second-order valence-corrected chi connectivity index (χ2v) is 6.42. The summed E-state index contributed by atoms with van der Waals surface area (Å²) < 4.78 is 20.1. The van der Waals surface area contributed by atoms with Crippen molar-refractivity contribution in [1.29, 1.82) is 0 Å². The monoisotopic (exact) mass is 325 g/mol. The summed E-state index contributed by atoms with van der Waals surface area (Å²) in [4.78, 5) is 0.973. The number of hydrogen-bond donors (Lipinski definition) is 1. The lowest BCUT2D eigenvalue weighted by Crippen LogP contribution is -2.08. The Morgan fingerprint density at radius 3 is 2.78 bits per heavy atom. The molecule has 0 aliphatic heterocycles. The van der Waals surface area contributed by atoms with Crippen molar-refractivity contribution < 1.29 is 8.81 Å². The number of benzene rings is 1. The first kappa shape index (κ1) is 11.9. The predicted molar refractivity (Wildman–Crippen MR) is 74.2 cm³/mol. The molecule has 0 radical (unpaired) electrons. The molecule has 5 heteroatoms. The molecular weight excluding hydrogens is 317 g/mol. The molecular formula is C13H9BrFNOS. The van der Waals surface area contributed by atoms with Gasteiger partial charge in [0.25, 0.3) is 0 Å². The Balaban J connectivity index is 2.06. The van der Waals surface area contributed by atoms with E-state index in [2.05, 4.69) is 15.9 Å². The lowest BCUT2D eigenvalue weighted by Gasteiger charge is -2.04. The highest BCUT2D eigenvalue weighted by atomic mass is 79.9. The fourth-order valence-electron chi connectivity index (χ4n) is 1.84. The summed E-state index contributed by atoms with van der Waals surface area (Å²) in [6.45, 7) is 0. The van der Waals surface area contributed by atoms with Crippen LogP contribution in [0.3, 0.4) is 0 Å². The summed E-state index contributed by atoms with van der Waals surface area (Å²) in [5, 5.41) is 0.732. The van der Waals surface area contributed by atoms with Crippen molar-refractivity contribution >= 4 is 38.2 Å². The van der Waals surface area contributed by atoms with Crippen LogP contribution in [0.5, 0.6) is 0 Å². The zero-order chi connectivity index (χ0) is 12.7. The lowest BCUT2D eigenvalue weighted by atomic mass is 10.2. The third-order valence-corrected chi connectivity index (χ3v) is 4.43. The minimum Gasteiger partial charge on any atom is -0.456 e. The summed E-state index contributed by atoms with van der Waals surface area (Å²) in [6, 6.07) is 10.1. The van der Waals surface area contributed by atoms with Gasteiger partial charge < -0.3 is 10.2 Å². The molecule has 2 nitrogen and oxygen atoms in total. The third kappa shape index (κ3) is 1.98. The summed E-state index contributed by atoms with van der Waals surface area (Å²) in [7, 11) is 0. The highest BCUT2D eigenvalue weighted by molar-refractivity contribution is 9.11. The van der Waals surface area contributed by atoms with Gasteiger partial charge in [-0.3, -0.25) is 0 Å². The first-order valence-electron chi connectivity index (χ1n) is 5.34. The average Bonchev–Trinajstić information content (AvgIpc) is 2.95. The number of para-hydroxylation sites is 1. The molecule has 2 heterocycles. The maximum absolute atomic E-state index is 13.5.